The summed E-state index contributed by atoms with van der Waals surface area (Å²) in [6, 6.07) is 78.1. The molecular formula is C72H58N2. The Morgan fingerprint density at radius 1 is 0.527 bits per heavy atom. The van der Waals surface area contributed by atoms with Crippen molar-refractivity contribution in [1.82, 2.24) is 9.55 Å². The fourth-order valence-electron chi connectivity index (χ4n) is 12.4. The number of aromatic nitrogens is 2. The first kappa shape index (κ1) is 45.3. The Morgan fingerprint density at radius 2 is 1.16 bits per heavy atom. The summed E-state index contributed by atoms with van der Waals surface area (Å²) in [7, 11) is 0. The van der Waals surface area contributed by atoms with E-state index in [1.165, 1.54) is 83.1 Å². The third-order valence-electron chi connectivity index (χ3n) is 16.4. The van der Waals surface area contributed by atoms with Gasteiger partial charge in [0, 0.05) is 28.0 Å². The molecule has 0 saturated heterocycles. The smallest absolute Gasteiger partial charge is 0.145 e. The van der Waals surface area contributed by atoms with Gasteiger partial charge in [0.2, 0.25) is 0 Å². The number of fused-ring (bicyclic) bond motifs is 3. The van der Waals surface area contributed by atoms with Crippen LogP contribution in [0.3, 0.4) is 0 Å². The Kier molecular flexibility index (Phi) is 11.3. The van der Waals surface area contributed by atoms with Gasteiger partial charge in [0.1, 0.15) is 5.82 Å². The zero-order valence-electron chi connectivity index (χ0n) is 42.3. The third-order valence-corrected chi connectivity index (χ3v) is 16.4. The van der Waals surface area contributed by atoms with E-state index >= 15 is 0 Å². The van der Waals surface area contributed by atoms with Gasteiger partial charge in [-0.3, -0.25) is 4.57 Å². The van der Waals surface area contributed by atoms with Crippen LogP contribution in [0.1, 0.15) is 72.1 Å². The summed E-state index contributed by atoms with van der Waals surface area (Å²) in [4.78, 5) is 5.24. The minimum absolute atomic E-state index is 0.0894. The highest BCUT2D eigenvalue weighted by molar-refractivity contribution is 6.06. The molecule has 2 heteroatoms. The molecule has 4 unspecified atom stereocenters. The molecule has 0 spiro atoms. The molecule has 10 aromatic rings. The molecule has 3 aliphatic carbocycles. The van der Waals surface area contributed by atoms with E-state index in [9.17, 15) is 0 Å². The predicted octanol–water partition coefficient (Wildman–Crippen LogP) is 18.4. The largest absolute Gasteiger partial charge is 0.292 e. The second-order valence-electron chi connectivity index (χ2n) is 21.2. The van der Waals surface area contributed by atoms with E-state index < -0.39 is 0 Å². The molecular weight excluding hydrogens is 893 g/mol. The van der Waals surface area contributed by atoms with Gasteiger partial charge in [0.25, 0.3) is 0 Å². The standard InChI is InChI=1S/C72H58N2/c1-49-63(52-27-13-6-14-28-52)46-55(51-25-11-5-12-26-51)47-64(49)69-61-32-18-17-31-60(61)68(56-43-54(50-23-9-4-10-24-50)44-58(45-56)71(2)40-21-8-22-41-71)62-39-42-72(3,48-65(62)69)57-37-35-53(36-38-57)70-73-66-33-19-20-34-67(66)74(70)59-29-15-7-16-30-59/h4-40,42-47,49,64H,41,48H2,1-3H3. The zero-order valence-corrected chi connectivity index (χ0v) is 42.3. The molecule has 0 aliphatic heterocycles. The maximum absolute atomic E-state index is 5.24. The number of allylic oxidation sites excluding steroid dienone is 9. The van der Waals surface area contributed by atoms with Gasteiger partial charge in [-0.15, -0.1) is 0 Å². The second-order valence-corrected chi connectivity index (χ2v) is 21.2. The summed E-state index contributed by atoms with van der Waals surface area (Å²) in [5.41, 5.74) is 20.8. The van der Waals surface area contributed by atoms with E-state index in [0.717, 1.165) is 41.0 Å². The second kappa shape index (κ2) is 18.5. The fourth-order valence-corrected chi connectivity index (χ4v) is 12.4. The Balaban J connectivity index is 1.03. The first-order valence-electron chi connectivity index (χ1n) is 26.3. The third kappa shape index (κ3) is 7.94. The van der Waals surface area contributed by atoms with Crippen LogP contribution >= 0.6 is 0 Å². The van der Waals surface area contributed by atoms with E-state index in [1.807, 2.05) is 0 Å². The first-order chi connectivity index (χ1) is 36.3. The van der Waals surface area contributed by atoms with Crippen molar-refractivity contribution in [2.75, 3.05) is 0 Å². The van der Waals surface area contributed by atoms with E-state index in [0.29, 0.717) is 0 Å². The number of rotatable bonds is 9. The SMILES string of the molecule is CC1C(c2ccccc2)=CC(c2ccccc2)=CC1c1c2c(c(-c3cc(-c4ccccc4)cc(C4(C)C=CC=CC4)c3)c3ccccc13)C=CC(C)(c1ccc(-c3nc4ccccc4n3-c3ccccc3)cc1)C2. The van der Waals surface area contributed by atoms with Gasteiger partial charge in [0.15, 0.2) is 0 Å². The van der Waals surface area contributed by atoms with Crippen molar-refractivity contribution in [1.29, 1.82) is 0 Å². The van der Waals surface area contributed by atoms with Crippen molar-refractivity contribution in [3.05, 3.63) is 294 Å². The lowest BCUT2D eigenvalue weighted by molar-refractivity contribution is 0.574. The minimum Gasteiger partial charge on any atom is -0.292 e. The lowest BCUT2D eigenvalue weighted by atomic mass is 9.65. The van der Waals surface area contributed by atoms with E-state index in [2.05, 4.69) is 286 Å². The summed E-state index contributed by atoms with van der Waals surface area (Å²) in [5, 5.41) is 2.61. The highest BCUT2D eigenvalue weighted by atomic mass is 15.1. The maximum atomic E-state index is 5.24. The number of benzene rings is 9. The topological polar surface area (TPSA) is 17.8 Å². The number of hydrogen-bond acceptors (Lipinski definition) is 1. The maximum Gasteiger partial charge on any atom is 0.145 e. The van der Waals surface area contributed by atoms with Gasteiger partial charge < -0.3 is 0 Å². The van der Waals surface area contributed by atoms with Gasteiger partial charge in [-0.25, -0.2) is 4.98 Å². The van der Waals surface area contributed by atoms with Crippen LogP contribution in [0.5, 0.6) is 0 Å². The Labute approximate surface area is 435 Å². The molecule has 1 aromatic heterocycles. The van der Waals surface area contributed by atoms with Crippen LogP contribution in [0.15, 0.2) is 255 Å². The molecule has 3 aliphatic rings. The Hall–Kier alpha value is -8.59. The minimum atomic E-state index is -0.314. The molecule has 1 heterocycles. The van der Waals surface area contributed by atoms with Crippen LogP contribution in [0.4, 0.5) is 0 Å². The molecule has 4 atom stereocenters. The van der Waals surface area contributed by atoms with E-state index in [-0.39, 0.29) is 22.7 Å². The molecule has 0 radical (unpaired) electrons. The highest BCUT2D eigenvalue weighted by Gasteiger charge is 2.37. The quantitative estimate of drug-likeness (QED) is 0.141. The molecule has 2 nitrogen and oxygen atoms in total. The molecule has 356 valence electrons. The monoisotopic (exact) mass is 950 g/mol. The van der Waals surface area contributed by atoms with Crippen molar-refractivity contribution in [3.8, 4) is 39.3 Å². The van der Waals surface area contributed by atoms with E-state index in [4.69, 9.17) is 4.98 Å². The van der Waals surface area contributed by atoms with Crippen molar-refractivity contribution in [3.63, 3.8) is 0 Å². The summed E-state index contributed by atoms with van der Waals surface area (Å²) in [5.74, 6) is 1.23. The molecule has 0 amide bonds. The van der Waals surface area contributed by atoms with Crippen LogP contribution in [0.2, 0.25) is 0 Å². The van der Waals surface area contributed by atoms with Gasteiger partial charge in [-0.1, -0.05) is 251 Å². The van der Waals surface area contributed by atoms with Gasteiger partial charge in [-0.2, -0.15) is 0 Å². The number of para-hydroxylation sites is 3. The summed E-state index contributed by atoms with van der Waals surface area (Å²) in [6.07, 6.45) is 21.0. The molecule has 74 heavy (non-hydrogen) atoms. The van der Waals surface area contributed by atoms with Crippen LogP contribution in [-0.2, 0) is 17.3 Å². The molecule has 0 fully saturated rings. The Morgan fingerprint density at radius 3 is 1.88 bits per heavy atom. The number of nitrogens with zero attached hydrogens (tertiary/aromatic N) is 2. The van der Waals surface area contributed by atoms with Gasteiger partial charge in [-0.05, 0) is 132 Å². The van der Waals surface area contributed by atoms with Crippen LogP contribution in [0, 0.1) is 5.92 Å². The van der Waals surface area contributed by atoms with Crippen LogP contribution in [0.25, 0.3) is 78.4 Å². The summed E-state index contributed by atoms with van der Waals surface area (Å²) >= 11 is 0. The van der Waals surface area contributed by atoms with Crippen molar-refractivity contribution in [2.24, 2.45) is 5.92 Å². The lowest BCUT2D eigenvalue weighted by Crippen LogP contribution is -2.28. The average Bonchev–Trinajstić information content (AvgIpc) is 3.86. The van der Waals surface area contributed by atoms with Crippen LogP contribution < -0.4 is 0 Å². The van der Waals surface area contributed by atoms with Crippen molar-refractivity contribution >= 4 is 39.0 Å². The molecule has 9 aromatic carbocycles. The zero-order chi connectivity index (χ0) is 49.8. The van der Waals surface area contributed by atoms with E-state index in [1.54, 1.807) is 0 Å². The fraction of sp³-hybridized carbons (Fsp3) is 0.125. The van der Waals surface area contributed by atoms with Crippen LogP contribution in [-0.4, -0.2) is 9.55 Å². The average molecular weight is 951 g/mol. The molecule has 0 N–H and O–H groups in total. The predicted molar refractivity (Wildman–Crippen MR) is 312 cm³/mol. The highest BCUT2D eigenvalue weighted by Crippen LogP contribution is 2.53. The molecule has 0 bridgehead atoms. The number of hydrogen-bond donors (Lipinski definition) is 0. The summed E-state index contributed by atoms with van der Waals surface area (Å²) < 4.78 is 2.29. The van der Waals surface area contributed by atoms with Gasteiger partial charge >= 0.3 is 0 Å². The van der Waals surface area contributed by atoms with Crippen molar-refractivity contribution < 1.29 is 0 Å². The van der Waals surface area contributed by atoms with Gasteiger partial charge in [0.05, 0.1) is 11.0 Å². The molecule has 0 saturated carbocycles. The lowest BCUT2D eigenvalue weighted by Gasteiger charge is -2.38. The Bertz CT molecular complexity index is 3910. The number of imidazole rings is 1. The molecule has 13 rings (SSSR count). The van der Waals surface area contributed by atoms with Crippen molar-refractivity contribution in [2.45, 2.75) is 50.4 Å². The normalized spacial score (nSPS) is 20.1. The first-order valence-corrected chi connectivity index (χ1v) is 26.3. The summed E-state index contributed by atoms with van der Waals surface area (Å²) in [6.45, 7) is 7.30.